The highest BCUT2D eigenvalue weighted by Gasteiger charge is 1.98. The minimum Gasteiger partial charge on any atom is -0.344 e. The standard InChI is InChI=1S/C20H21N3.H3N/c1-3-13-22-19(5-1)12-11-17-7-9-18(10-8-17)15-21-16-20-6-2-4-14-23-20;/h1-10,13-14,21H,11-12,15-16H2;1H3. The summed E-state index contributed by atoms with van der Waals surface area (Å²) in [6.45, 7) is 1.65. The number of pyridine rings is 2. The van der Waals surface area contributed by atoms with Crippen LogP contribution in [0.2, 0.25) is 0 Å². The third-order valence-electron chi connectivity index (χ3n) is 3.78. The summed E-state index contributed by atoms with van der Waals surface area (Å²) in [5, 5.41) is 3.42. The highest BCUT2D eigenvalue weighted by molar-refractivity contribution is 5.23. The van der Waals surface area contributed by atoms with Gasteiger partial charge in [-0.2, -0.15) is 0 Å². The zero-order valence-electron chi connectivity index (χ0n) is 13.9. The van der Waals surface area contributed by atoms with Gasteiger partial charge in [-0.15, -0.1) is 0 Å². The molecule has 0 aliphatic carbocycles. The van der Waals surface area contributed by atoms with E-state index in [-0.39, 0.29) is 6.15 Å². The van der Waals surface area contributed by atoms with Gasteiger partial charge in [-0.05, 0) is 48.2 Å². The number of nitrogens with one attached hydrogen (secondary N) is 1. The van der Waals surface area contributed by atoms with E-state index in [4.69, 9.17) is 0 Å². The molecular weight excluding hydrogens is 296 g/mol. The largest absolute Gasteiger partial charge is 0.344 e. The molecule has 124 valence electrons. The SMILES string of the molecule is N.c1ccc(CCc2ccc(CNCc3ccccn3)cc2)nc1. The third kappa shape index (κ3) is 5.57. The fourth-order valence-electron chi connectivity index (χ4n) is 2.48. The highest BCUT2D eigenvalue weighted by atomic mass is 14.9. The molecule has 1 aromatic carbocycles. The van der Waals surface area contributed by atoms with Gasteiger partial charge in [-0.1, -0.05) is 36.4 Å². The monoisotopic (exact) mass is 320 g/mol. The molecule has 0 fully saturated rings. The van der Waals surface area contributed by atoms with Crippen LogP contribution < -0.4 is 11.5 Å². The van der Waals surface area contributed by atoms with Crippen LogP contribution in [0.4, 0.5) is 0 Å². The number of rotatable bonds is 7. The van der Waals surface area contributed by atoms with Crippen LogP contribution in [0.25, 0.3) is 0 Å². The second-order valence-corrected chi connectivity index (χ2v) is 5.56. The summed E-state index contributed by atoms with van der Waals surface area (Å²) in [6, 6.07) is 20.9. The molecular formula is C20H24N4. The summed E-state index contributed by atoms with van der Waals surface area (Å²) in [7, 11) is 0. The molecule has 0 aliphatic heterocycles. The quantitative estimate of drug-likeness (QED) is 0.696. The van der Waals surface area contributed by atoms with Gasteiger partial charge in [-0.3, -0.25) is 9.97 Å². The third-order valence-corrected chi connectivity index (χ3v) is 3.78. The lowest BCUT2D eigenvalue weighted by atomic mass is 10.1. The molecule has 4 N–H and O–H groups in total. The molecule has 0 saturated carbocycles. The van der Waals surface area contributed by atoms with Crippen molar-refractivity contribution in [3.8, 4) is 0 Å². The van der Waals surface area contributed by atoms with E-state index in [2.05, 4.69) is 45.6 Å². The zero-order chi connectivity index (χ0) is 15.7. The first kappa shape index (κ1) is 17.8. The summed E-state index contributed by atoms with van der Waals surface area (Å²) in [5.41, 5.74) is 4.86. The predicted molar refractivity (Wildman–Crippen MR) is 97.9 cm³/mol. The van der Waals surface area contributed by atoms with Gasteiger partial charge in [0.1, 0.15) is 0 Å². The molecule has 2 aromatic heterocycles. The Hall–Kier alpha value is -2.56. The Labute approximate surface area is 143 Å². The second-order valence-electron chi connectivity index (χ2n) is 5.56. The topological polar surface area (TPSA) is 72.8 Å². The van der Waals surface area contributed by atoms with Crippen molar-refractivity contribution in [3.05, 3.63) is 95.6 Å². The lowest BCUT2D eigenvalue weighted by Crippen LogP contribution is -2.13. The van der Waals surface area contributed by atoms with Crippen LogP contribution in [-0.2, 0) is 25.9 Å². The van der Waals surface area contributed by atoms with E-state index in [1.807, 2.05) is 42.7 Å². The van der Waals surface area contributed by atoms with Crippen LogP contribution in [0.1, 0.15) is 22.5 Å². The number of aryl methyl sites for hydroxylation is 2. The molecule has 0 amide bonds. The Bertz CT molecular complexity index is 697. The number of hydrogen-bond donors (Lipinski definition) is 2. The molecule has 4 nitrogen and oxygen atoms in total. The average molecular weight is 320 g/mol. The van der Waals surface area contributed by atoms with E-state index < -0.39 is 0 Å². The molecule has 3 rings (SSSR count). The van der Waals surface area contributed by atoms with Crippen molar-refractivity contribution in [1.82, 2.24) is 21.4 Å². The smallest absolute Gasteiger partial charge is 0.0541 e. The molecule has 0 bridgehead atoms. The summed E-state index contributed by atoms with van der Waals surface area (Å²) < 4.78 is 0. The molecule has 0 aliphatic rings. The van der Waals surface area contributed by atoms with Crippen LogP contribution >= 0.6 is 0 Å². The van der Waals surface area contributed by atoms with Crippen molar-refractivity contribution in [2.24, 2.45) is 0 Å². The van der Waals surface area contributed by atoms with Crippen LogP contribution in [0, 0.1) is 0 Å². The number of nitrogens with zero attached hydrogens (tertiary/aromatic N) is 2. The average Bonchev–Trinajstić information content (AvgIpc) is 2.63. The minimum atomic E-state index is 0. The van der Waals surface area contributed by atoms with E-state index in [1.165, 1.54) is 11.1 Å². The Morgan fingerprint density at radius 3 is 1.88 bits per heavy atom. The number of aromatic nitrogens is 2. The first-order chi connectivity index (χ1) is 11.4. The minimum absolute atomic E-state index is 0. The van der Waals surface area contributed by atoms with Gasteiger partial charge in [0, 0.05) is 31.2 Å². The Morgan fingerprint density at radius 1 is 0.625 bits per heavy atom. The zero-order valence-corrected chi connectivity index (χ0v) is 13.9. The Morgan fingerprint density at radius 2 is 1.25 bits per heavy atom. The fourth-order valence-corrected chi connectivity index (χ4v) is 2.48. The van der Waals surface area contributed by atoms with Crippen molar-refractivity contribution >= 4 is 0 Å². The van der Waals surface area contributed by atoms with E-state index in [0.29, 0.717) is 0 Å². The van der Waals surface area contributed by atoms with E-state index in [9.17, 15) is 0 Å². The predicted octanol–water partition coefficient (Wildman–Crippen LogP) is 3.71. The molecule has 0 saturated heterocycles. The van der Waals surface area contributed by atoms with Gasteiger partial charge < -0.3 is 11.5 Å². The molecule has 0 spiro atoms. The first-order valence-electron chi connectivity index (χ1n) is 7.98. The lowest BCUT2D eigenvalue weighted by Gasteiger charge is -2.06. The summed E-state index contributed by atoms with van der Waals surface area (Å²) in [6.07, 6.45) is 5.69. The van der Waals surface area contributed by atoms with E-state index in [1.54, 1.807) is 0 Å². The molecule has 24 heavy (non-hydrogen) atoms. The number of benzene rings is 1. The van der Waals surface area contributed by atoms with Gasteiger partial charge in [-0.25, -0.2) is 0 Å². The maximum Gasteiger partial charge on any atom is 0.0541 e. The van der Waals surface area contributed by atoms with Crippen LogP contribution in [0.5, 0.6) is 0 Å². The lowest BCUT2D eigenvalue weighted by molar-refractivity contribution is 0.679. The fraction of sp³-hybridized carbons (Fsp3) is 0.200. The van der Waals surface area contributed by atoms with Crippen molar-refractivity contribution in [2.75, 3.05) is 0 Å². The maximum atomic E-state index is 4.36. The van der Waals surface area contributed by atoms with Crippen molar-refractivity contribution in [3.63, 3.8) is 0 Å². The second kappa shape index (κ2) is 9.55. The summed E-state index contributed by atoms with van der Waals surface area (Å²) >= 11 is 0. The summed E-state index contributed by atoms with van der Waals surface area (Å²) in [5.74, 6) is 0. The first-order valence-corrected chi connectivity index (χ1v) is 7.98. The van der Waals surface area contributed by atoms with Gasteiger partial charge in [0.05, 0.1) is 5.69 Å². The Balaban J connectivity index is 0.00000208. The summed E-state index contributed by atoms with van der Waals surface area (Å²) in [4.78, 5) is 8.67. The van der Waals surface area contributed by atoms with Crippen LogP contribution in [0.15, 0.2) is 73.1 Å². The maximum absolute atomic E-state index is 4.36. The van der Waals surface area contributed by atoms with Gasteiger partial charge in [0.2, 0.25) is 0 Å². The van der Waals surface area contributed by atoms with E-state index >= 15 is 0 Å². The molecule has 0 unspecified atom stereocenters. The molecule has 3 aromatic rings. The highest BCUT2D eigenvalue weighted by Crippen LogP contribution is 2.08. The van der Waals surface area contributed by atoms with E-state index in [0.717, 1.165) is 37.3 Å². The molecule has 0 atom stereocenters. The molecule has 0 radical (unpaired) electrons. The number of hydrogen-bond acceptors (Lipinski definition) is 4. The van der Waals surface area contributed by atoms with Crippen molar-refractivity contribution in [2.45, 2.75) is 25.9 Å². The van der Waals surface area contributed by atoms with Crippen molar-refractivity contribution in [1.29, 1.82) is 0 Å². The van der Waals surface area contributed by atoms with Crippen molar-refractivity contribution < 1.29 is 0 Å². The van der Waals surface area contributed by atoms with Gasteiger partial charge in [0.15, 0.2) is 0 Å². The molecule has 2 heterocycles. The van der Waals surface area contributed by atoms with Gasteiger partial charge >= 0.3 is 0 Å². The Kier molecular flexibility index (Phi) is 7.08. The van der Waals surface area contributed by atoms with Gasteiger partial charge in [0.25, 0.3) is 0 Å². The van der Waals surface area contributed by atoms with Crippen LogP contribution in [-0.4, -0.2) is 9.97 Å². The van der Waals surface area contributed by atoms with Crippen LogP contribution in [0.3, 0.4) is 0 Å². The normalized spacial score (nSPS) is 10.2. The molecule has 4 heteroatoms.